The molecular weight excluding hydrogens is 150 g/mol. The molecule has 0 aromatic heterocycles. The molecule has 0 saturated heterocycles. The molecule has 11 heavy (non-hydrogen) atoms. The number of ether oxygens (including phenoxy) is 1. The number of hydrogen-bond donors (Lipinski definition) is 0. The zero-order chi connectivity index (χ0) is 8.70. The van der Waals surface area contributed by atoms with Gasteiger partial charge in [-0.15, -0.1) is 0 Å². The monoisotopic (exact) mass is 164 g/mol. The van der Waals surface area contributed by atoms with Crippen molar-refractivity contribution in [3.8, 4) is 0 Å². The van der Waals surface area contributed by atoms with E-state index in [0.717, 1.165) is 6.92 Å². The van der Waals surface area contributed by atoms with Crippen molar-refractivity contribution in [2.75, 3.05) is 0 Å². The second-order valence-electron chi connectivity index (χ2n) is 3.55. The van der Waals surface area contributed by atoms with Crippen molar-refractivity contribution in [1.82, 2.24) is 0 Å². The smallest absolute Gasteiger partial charge is 0.273 e. The molecule has 0 aromatic rings. The molecule has 0 amide bonds. The van der Waals surface area contributed by atoms with Crippen LogP contribution in [0.1, 0.15) is 33.6 Å². The van der Waals surface area contributed by atoms with Crippen LogP contribution in [0.5, 0.6) is 0 Å². The molecule has 1 aliphatic rings. The molecule has 66 valence electrons. The lowest BCUT2D eigenvalue weighted by Gasteiger charge is -2.25. The van der Waals surface area contributed by atoms with E-state index in [-0.39, 0.29) is 6.10 Å². The van der Waals surface area contributed by atoms with Crippen LogP contribution in [-0.2, 0) is 4.74 Å². The normalized spacial score (nSPS) is 22.4. The topological polar surface area (TPSA) is 9.23 Å². The molecule has 1 nitrogen and oxygen atoms in total. The first kappa shape index (κ1) is 8.91. The minimum absolute atomic E-state index is 0.108. The predicted octanol–water partition coefficient (Wildman–Crippen LogP) is 2.60. The van der Waals surface area contributed by atoms with Gasteiger partial charge in [0, 0.05) is 6.92 Å². The zero-order valence-electron chi connectivity index (χ0n) is 7.16. The van der Waals surface area contributed by atoms with Gasteiger partial charge in [-0.05, 0) is 26.7 Å². The standard InChI is InChI=1S/C8H14F2O/c1-6(2)11-8(4-5-8)7(3,9)10/h6H,4-5H2,1-3H3. The molecule has 0 aliphatic heterocycles. The highest BCUT2D eigenvalue weighted by molar-refractivity contribution is 5.05. The maximum atomic E-state index is 12.8. The second-order valence-corrected chi connectivity index (χ2v) is 3.55. The summed E-state index contributed by atoms with van der Waals surface area (Å²) in [6.45, 7) is 4.50. The van der Waals surface area contributed by atoms with Gasteiger partial charge in [0.1, 0.15) is 5.60 Å². The van der Waals surface area contributed by atoms with E-state index in [0.29, 0.717) is 12.8 Å². The van der Waals surface area contributed by atoms with Crippen molar-refractivity contribution in [2.45, 2.75) is 51.2 Å². The number of alkyl halides is 2. The van der Waals surface area contributed by atoms with Crippen LogP contribution in [0.2, 0.25) is 0 Å². The van der Waals surface area contributed by atoms with Gasteiger partial charge in [-0.25, -0.2) is 8.78 Å². The maximum absolute atomic E-state index is 12.8. The van der Waals surface area contributed by atoms with E-state index < -0.39 is 11.5 Å². The Kier molecular flexibility index (Phi) is 1.95. The van der Waals surface area contributed by atoms with Gasteiger partial charge in [0.15, 0.2) is 0 Å². The molecule has 0 atom stereocenters. The quantitative estimate of drug-likeness (QED) is 0.623. The second kappa shape index (κ2) is 2.41. The average Bonchev–Trinajstić information content (AvgIpc) is 2.42. The fourth-order valence-corrected chi connectivity index (χ4v) is 1.23. The molecule has 0 spiro atoms. The molecule has 0 aromatic carbocycles. The fraction of sp³-hybridized carbons (Fsp3) is 1.00. The molecule has 0 unspecified atom stereocenters. The van der Waals surface area contributed by atoms with Gasteiger partial charge < -0.3 is 4.74 Å². The van der Waals surface area contributed by atoms with E-state index in [1.807, 2.05) is 0 Å². The fourth-order valence-electron chi connectivity index (χ4n) is 1.23. The van der Waals surface area contributed by atoms with E-state index in [1.54, 1.807) is 13.8 Å². The molecule has 0 heterocycles. The number of halogens is 2. The third-order valence-corrected chi connectivity index (χ3v) is 1.97. The van der Waals surface area contributed by atoms with Gasteiger partial charge >= 0.3 is 0 Å². The summed E-state index contributed by atoms with van der Waals surface area (Å²) in [5.74, 6) is -2.68. The van der Waals surface area contributed by atoms with Crippen LogP contribution < -0.4 is 0 Å². The SMILES string of the molecule is CC(C)OC1(C(C)(F)F)CC1. The molecule has 1 saturated carbocycles. The van der Waals surface area contributed by atoms with Crippen molar-refractivity contribution in [3.05, 3.63) is 0 Å². The minimum Gasteiger partial charge on any atom is -0.366 e. The zero-order valence-corrected chi connectivity index (χ0v) is 7.16. The Morgan fingerprint density at radius 3 is 1.91 bits per heavy atom. The molecule has 0 bridgehead atoms. The Morgan fingerprint density at radius 2 is 1.82 bits per heavy atom. The van der Waals surface area contributed by atoms with E-state index in [1.165, 1.54) is 0 Å². The van der Waals surface area contributed by atoms with Crippen LogP contribution >= 0.6 is 0 Å². The molecule has 0 N–H and O–H groups in total. The lowest BCUT2D eigenvalue weighted by atomic mass is 10.2. The summed E-state index contributed by atoms with van der Waals surface area (Å²) in [5.41, 5.74) is -1.12. The summed E-state index contributed by atoms with van der Waals surface area (Å²) in [7, 11) is 0. The van der Waals surface area contributed by atoms with Gasteiger partial charge in [0.2, 0.25) is 0 Å². The van der Waals surface area contributed by atoms with E-state index in [4.69, 9.17) is 4.74 Å². The third-order valence-electron chi connectivity index (χ3n) is 1.97. The van der Waals surface area contributed by atoms with E-state index >= 15 is 0 Å². The van der Waals surface area contributed by atoms with Crippen LogP contribution in [0.4, 0.5) is 8.78 Å². The number of hydrogen-bond acceptors (Lipinski definition) is 1. The molecule has 1 aliphatic carbocycles. The molecule has 1 rings (SSSR count). The third kappa shape index (κ3) is 1.70. The van der Waals surface area contributed by atoms with E-state index in [2.05, 4.69) is 0 Å². The van der Waals surface area contributed by atoms with Crippen LogP contribution in [0.25, 0.3) is 0 Å². The van der Waals surface area contributed by atoms with Gasteiger partial charge in [-0.1, -0.05) is 0 Å². The summed E-state index contributed by atoms with van der Waals surface area (Å²) in [6, 6.07) is 0. The Morgan fingerprint density at radius 1 is 1.36 bits per heavy atom. The highest BCUT2D eigenvalue weighted by Crippen LogP contribution is 2.51. The lowest BCUT2D eigenvalue weighted by Crippen LogP contribution is -2.37. The number of rotatable bonds is 3. The predicted molar refractivity (Wildman–Crippen MR) is 38.8 cm³/mol. The summed E-state index contributed by atoms with van der Waals surface area (Å²) in [5, 5.41) is 0. The highest BCUT2D eigenvalue weighted by atomic mass is 19.3. The summed E-state index contributed by atoms with van der Waals surface area (Å²) in [4.78, 5) is 0. The van der Waals surface area contributed by atoms with Crippen molar-refractivity contribution >= 4 is 0 Å². The van der Waals surface area contributed by atoms with Gasteiger partial charge in [0.25, 0.3) is 5.92 Å². The molecule has 1 fully saturated rings. The maximum Gasteiger partial charge on any atom is 0.273 e. The largest absolute Gasteiger partial charge is 0.366 e. The summed E-state index contributed by atoms with van der Waals surface area (Å²) >= 11 is 0. The first-order valence-corrected chi connectivity index (χ1v) is 3.93. The van der Waals surface area contributed by atoms with Crippen LogP contribution in [0.3, 0.4) is 0 Å². The van der Waals surface area contributed by atoms with Crippen LogP contribution in [0, 0.1) is 0 Å². The first-order valence-electron chi connectivity index (χ1n) is 3.93. The van der Waals surface area contributed by atoms with E-state index in [9.17, 15) is 8.78 Å². The summed E-state index contributed by atoms with van der Waals surface area (Å²) in [6.07, 6.45) is 0.881. The Hall–Kier alpha value is -0.180. The molecular formula is C8H14F2O. The van der Waals surface area contributed by atoms with Gasteiger partial charge in [0.05, 0.1) is 6.10 Å². The van der Waals surface area contributed by atoms with Crippen molar-refractivity contribution < 1.29 is 13.5 Å². The van der Waals surface area contributed by atoms with Crippen molar-refractivity contribution in [3.63, 3.8) is 0 Å². The van der Waals surface area contributed by atoms with Crippen molar-refractivity contribution in [2.24, 2.45) is 0 Å². The minimum atomic E-state index is -2.68. The van der Waals surface area contributed by atoms with Crippen molar-refractivity contribution in [1.29, 1.82) is 0 Å². The summed E-state index contributed by atoms with van der Waals surface area (Å²) < 4.78 is 30.8. The molecule has 0 radical (unpaired) electrons. The molecule has 3 heteroatoms. The highest BCUT2D eigenvalue weighted by Gasteiger charge is 2.60. The van der Waals surface area contributed by atoms with Crippen LogP contribution in [0.15, 0.2) is 0 Å². The Bertz CT molecular complexity index is 145. The van der Waals surface area contributed by atoms with Crippen LogP contribution in [-0.4, -0.2) is 17.6 Å². The Balaban J connectivity index is 2.54. The average molecular weight is 164 g/mol. The first-order chi connectivity index (χ1) is 4.87. The van der Waals surface area contributed by atoms with Gasteiger partial charge in [-0.3, -0.25) is 0 Å². The lowest BCUT2D eigenvalue weighted by molar-refractivity contribution is -0.160. The Labute approximate surface area is 65.7 Å². The van der Waals surface area contributed by atoms with Gasteiger partial charge in [-0.2, -0.15) is 0 Å².